The Morgan fingerprint density at radius 3 is 0.808 bits per heavy atom. The molecule has 0 saturated heterocycles. The molecule has 2 aromatic heterocycles. The molecule has 0 aromatic carbocycles. The first kappa shape index (κ1) is 27.3. The molecular formula is C16H22AgF6N2P-. The van der Waals surface area contributed by atoms with Gasteiger partial charge < -0.3 is 0 Å². The first-order chi connectivity index (χ1) is 10.8. The zero-order valence-corrected chi connectivity index (χ0v) is 17.6. The van der Waals surface area contributed by atoms with E-state index in [0.29, 0.717) is 0 Å². The Hall–Kier alpha value is -0.950. The summed E-state index contributed by atoms with van der Waals surface area (Å²) in [6, 6.07) is 8.31. The van der Waals surface area contributed by atoms with E-state index >= 15 is 0 Å². The van der Waals surface area contributed by atoms with Crippen LogP contribution in [0.4, 0.5) is 25.2 Å². The molecule has 0 bridgehead atoms. The number of nitrogens with zero attached hydrogens (tertiary/aromatic N) is 2. The summed E-state index contributed by atoms with van der Waals surface area (Å²) in [5.41, 5.74) is 7.00. The van der Waals surface area contributed by atoms with Gasteiger partial charge in [0.1, 0.15) is 0 Å². The largest absolute Gasteiger partial charge is 0 e. The van der Waals surface area contributed by atoms with Crippen LogP contribution < -0.4 is 0 Å². The van der Waals surface area contributed by atoms with Gasteiger partial charge in [0.2, 0.25) is 0 Å². The van der Waals surface area contributed by atoms with E-state index < -0.39 is 7.81 Å². The number of pyridine rings is 2. The molecule has 0 spiro atoms. The van der Waals surface area contributed by atoms with Crippen LogP contribution in [0.5, 0.6) is 0 Å². The predicted molar refractivity (Wildman–Crippen MR) is 90.5 cm³/mol. The molecule has 0 fully saturated rings. The average molecular weight is 495 g/mol. The topological polar surface area (TPSA) is 25.8 Å². The zero-order valence-electron chi connectivity index (χ0n) is 15.2. The van der Waals surface area contributed by atoms with E-state index in [0.717, 1.165) is 22.8 Å². The van der Waals surface area contributed by atoms with E-state index in [-0.39, 0.29) is 22.4 Å². The van der Waals surface area contributed by atoms with Crippen molar-refractivity contribution >= 4 is 7.81 Å². The summed E-state index contributed by atoms with van der Waals surface area (Å²) in [5, 5.41) is 0. The fraction of sp³-hybridized carbons (Fsp3) is 0.375. The van der Waals surface area contributed by atoms with E-state index in [9.17, 15) is 25.2 Å². The molecule has 0 amide bonds. The second-order valence-corrected chi connectivity index (χ2v) is 7.73. The summed E-state index contributed by atoms with van der Waals surface area (Å²) in [4.78, 5) is 8.47. The molecule has 2 heterocycles. The minimum atomic E-state index is -10.7. The van der Waals surface area contributed by atoms with Crippen LogP contribution in [-0.2, 0) is 22.4 Å². The third-order valence-electron chi connectivity index (χ3n) is 2.45. The Labute approximate surface area is 165 Å². The maximum atomic E-state index is 9.87. The Balaban J connectivity index is 0. The van der Waals surface area contributed by atoms with Crippen LogP contribution >= 0.6 is 7.81 Å². The molecular weight excluding hydrogens is 473 g/mol. The molecule has 0 N–H and O–H groups in total. The number of hydrogen-bond acceptors (Lipinski definition) is 2. The maximum Gasteiger partial charge on any atom is 0 e. The van der Waals surface area contributed by atoms with Crippen LogP contribution in [0.1, 0.15) is 33.9 Å². The summed E-state index contributed by atoms with van der Waals surface area (Å²) in [6.45, 7) is 12.2. The molecule has 2 nitrogen and oxygen atoms in total. The number of hydrogen-bond donors (Lipinski definition) is 0. The molecule has 0 aliphatic rings. The number of aryl methyl sites for hydroxylation is 6. The molecule has 2 aromatic rings. The zero-order chi connectivity index (χ0) is 20.1. The van der Waals surface area contributed by atoms with Crippen LogP contribution in [0, 0.1) is 41.5 Å². The van der Waals surface area contributed by atoms with E-state index in [2.05, 4.69) is 48.1 Å². The van der Waals surface area contributed by atoms with Crippen molar-refractivity contribution < 1.29 is 47.6 Å². The van der Waals surface area contributed by atoms with Crippen molar-refractivity contribution in [2.24, 2.45) is 0 Å². The van der Waals surface area contributed by atoms with Gasteiger partial charge in [0.05, 0.1) is 0 Å². The third kappa shape index (κ3) is 21.1. The summed E-state index contributed by atoms with van der Waals surface area (Å²) < 4.78 is 59.2. The molecule has 1 radical (unpaired) electrons. The van der Waals surface area contributed by atoms with Gasteiger partial charge in [0.15, 0.2) is 0 Å². The van der Waals surface area contributed by atoms with Crippen molar-refractivity contribution in [2.75, 3.05) is 0 Å². The standard InChI is InChI=1S/2C8H11N.Ag.F6P/c2*1-6-4-7(2)9-8(3)5-6;;1-7(2,3,4,5)6/h2*4-5H,1-3H3;;/q;;;-1. The van der Waals surface area contributed by atoms with Crippen molar-refractivity contribution in [3.05, 3.63) is 58.2 Å². The van der Waals surface area contributed by atoms with Gasteiger partial charge in [-0.15, -0.1) is 0 Å². The SMILES string of the molecule is Cc1cc(C)nc(C)c1.Cc1cc(C)nc(C)c1.F[P-](F)(F)(F)(F)F.[Ag]. The Kier molecular flexibility index (Phi) is 9.26. The van der Waals surface area contributed by atoms with Crippen LogP contribution in [0.25, 0.3) is 0 Å². The minimum absolute atomic E-state index is 0. The number of halogens is 6. The van der Waals surface area contributed by atoms with Gasteiger partial charge in [-0.05, 0) is 76.9 Å². The van der Waals surface area contributed by atoms with E-state index in [1.54, 1.807) is 0 Å². The van der Waals surface area contributed by atoms with Crippen molar-refractivity contribution in [3.63, 3.8) is 0 Å². The summed E-state index contributed by atoms with van der Waals surface area (Å²) in [7, 11) is -10.7. The van der Waals surface area contributed by atoms with Gasteiger partial charge >= 0.3 is 33.0 Å². The molecule has 26 heavy (non-hydrogen) atoms. The van der Waals surface area contributed by atoms with Gasteiger partial charge in [0, 0.05) is 45.2 Å². The maximum absolute atomic E-state index is 10.7. The molecule has 0 unspecified atom stereocenters. The predicted octanol–water partition coefficient (Wildman–Crippen LogP) is 7.39. The summed E-state index contributed by atoms with van der Waals surface area (Å²) in [5.74, 6) is 0. The van der Waals surface area contributed by atoms with Crippen LogP contribution in [0.15, 0.2) is 24.3 Å². The van der Waals surface area contributed by atoms with Gasteiger partial charge in [0.25, 0.3) is 0 Å². The van der Waals surface area contributed by atoms with E-state index in [4.69, 9.17) is 0 Å². The quantitative estimate of drug-likeness (QED) is 0.216. The smallest absolute Gasteiger partial charge is 0 e. The molecule has 10 heteroatoms. The van der Waals surface area contributed by atoms with Crippen LogP contribution in [0.3, 0.4) is 0 Å². The van der Waals surface area contributed by atoms with Crippen molar-refractivity contribution in [3.8, 4) is 0 Å². The van der Waals surface area contributed by atoms with E-state index in [1.807, 2.05) is 27.7 Å². The molecule has 0 atom stereocenters. The number of aromatic nitrogens is 2. The summed E-state index contributed by atoms with van der Waals surface area (Å²) in [6.07, 6.45) is 0. The first-order valence-electron chi connectivity index (χ1n) is 7.22. The van der Waals surface area contributed by atoms with Crippen LogP contribution in [-0.4, -0.2) is 9.97 Å². The molecule has 2 rings (SSSR count). The van der Waals surface area contributed by atoms with Gasteiger partial charge in [-0.3, -0.25) is 9.97 Å². The molecule has 0 aliphatic carbocycles. The normalized spacial score (nSPS) is 12.9. The average Bonchev–Trinajstić information content (AvgIpc) is 2.19. The van der Waals surface area contributed by atoms with Crippen molar-refractivity contribution in [1.29, 1.82) is 0 Å². The monoisotopic (exact) mass is 494 g/mol. The van der Waals surface area contributed by atoms with Crippen molar-refractivity contribution in [1.82, 2.24) is 9.97 Å². The Morgan fingerprint density at radius 2 is 0.692 bits per heavy atom. The van der Waals surface area contributed by atoms with Crippen molar-refractivity contribution in [2.45, 2.75) is 41.5 Å². The second kappa shape index (κ2) is 8.83. The molecule has 0 aliphatic heterocycles. The van der Waals surface area contributed by atoms with Gasteiger partial charge in [-0.25, -0.2) is 0 Å². The third-order valence-corrected chi connectivity index (χ3v) is 2.45. The van der Waals surface area contributed by atoms with Gasteiger partial charge in [-0.2, -0.15) is 0 Å². The van der Waals surface area contributed by atoms with Gasteiger partial charge in [-0.1, -0.05) is 0 Å². The first-order valence-corrected chi connectivity index (χ1v) is 9.25. The Bertz CT molecular complexity index is 571. The fourth-order valence-electron chi connectivity index (χ4n) is 2.09. The van der Waals surface area contributed by atoms with Crippen LogP contribution in [0.2, 0.25) is 0 Å². The fourth-order valence-corrected chi connectivity index (χ4v) is 2.09. The van der Waals surface area contributed by atoms with E-state index in [1.165, 1.54) is 11.1 Å². The molecule has 0 saturated carbocycles. The Morgan fingerprint density at radius 1 is 0.538 bits per heavy atom. The second-order valence-electron chi connectivity index (χ2n) is 5.81. The minimum Gasteiger partial charge on any atom is 0 e. The number of rotatable bonds is 0. The molecule has 155 valence electrons. The summed E-state index contributed by atoms with van der Waals surface area (Å²) >= 11 is 0.